The third-order valence-electron chi connectivity index (χ3n) is 5.43. The zero-order valence-corrected chi connectivity index (χ0v) is 21.3. The lowest BCUT2D eigenvalue weighted by molar-refractivity contribution is 0.101. The Balaban J connectivity index is 1.67. The standard InChI is InChI=1S/C24H22F2N4O5S2/c1-3-11-36(32,33)29-20-10-9-19(25)21(22(20)26)24(31)28-16-12-18-15(2)14-30(23(18)27-13-16)37(34,35)17-7-5-4-6-8-17/h4-10,12-14,29H,3,11H2,1-2H3,(H,28,31). The molecule has 4 rings (SSSR count). The summed E-state index contributed by atoms with van der Waals surface area (Å²) in [5.74, 6) is -4.03. The number of amides is 1. The summed E-state index contributed by atoms with van der Waals surface area (Å²) in [6, 6.07) is 10.9. The third kappa shape index (κ3) is 5.18. The molecule has 2 N–H and O–H groups in total. The molecule has 194 valence electrons. The van der Waals surface area contributed by atoms with E-state index in [4.69, 9.17) is 0 Å². The normalized spacial score (nSPS) is 12.0. The van der Waals surface area contributed by atoms with E-state index in [-0.39, 0.29) is 28.4 Å². The number of halogens is 2. The van der Waals surface area contributed by atoms with Crippen LogP contribution in [0, 0.1) is 18.6 Å². The number of fused-ring (bicyclic) bond motifs is 1. The van der Waals surface area contributed by atoms with E-state index in [1.807, 2.05) is 4.72 Å². The van der Waals surface area contributed by atoms with E-state index in [0.29, 0.717) is 10.9 Å². The second-order valence-electron chi connectivity index (χ2n) is 8.18. The summed E-state index contributed by atoms with van der Waals surface area (Å²) in [5.41, 5.74) is -0.872. The van der Waals surface area contributed by atoms with Crippen molar-refractivity contribution >= 4 is 48.4 Å². The van der Waals surface area contributed by atoms with Gasteiger partial charge in [-0.2, -0.15) is 0 Å². The van der Waals surface area contributed by atoms with E-state index in [2.05, 4.69) is 10.3 Å². The van der Waals surface area contributed by atoms with Gasteiger partial charge in [-0.3, -0.25) is 9.52 Å². The van der Waals surface area contributed by atoms with Crippen LogP contribution in [0.25, 0.3) is 11.0 Å². The maximum atomic E-state index is 15.0. The van der Waals surface area contributed by atoms with Crippen molar-refractivity contribution in [3.63, 3.8) is 0 Å². The fourth-order valence-corrected chi connectivity index (χ4v) is 6.24. The molecule has 4 aromatic rings. The monoisotopic (exact) mass is 548 g/mol. The van der Waals surface area contributed by atoms with Crippen LogP contribution in [0.1, 0.15) is 29.3 Å². The number of carbonyl (C=O) groups is 1. The number of carbonyl (C=O) groups excluding carboxylic acids is 1. The molecule has 37 heavy (non-hydrogen) atoms. The average Bonchev–Trinajstić information content (AvgIpc) is 3.18. The topological polar surface area (TPSA) is 127 Å². The molecule has 0 saturated heterocycles. The molecule has 2 heterocycles. The fraction of sp³-hybridized carbons (Fsp3) is 0.167. The number of nitrogens with one attached hydrogen (secondary N) is 2. The third-order valence-corrected chi connectivity index (χ3v) is 8.57. The van der Waals surface area contributed by atoms with E-state index < -0.39 is 48.8 Å². The second kappa shape index (κ2) is 9.90. The van der Waals surface area contributed by atoms with Gasteiger partial charge < -0.3 is 5.32 Å². The lowest BCUT2D eigenvalue weighted by Crippen LogP contribution is -2.20. The zero-order valence-electron chi connectivity index (χ0n) is 19.7. The number of aromatic nitrogens is 2. The molecule has 0 aliphatic heterocycles. The van der Waals surface area contributed by atoms with Crippen molar-refractivity contribution in [3.8, 4) is 0 Å². The van der Waals surface area contributed by atoms with Gasteiger partial charge in [0, 0.05) is 11.6 Å². The molecule has 0 aliphatic rings. The second-order valence-corrected chi connectivity index (χ2v) is 11.8. The quantitative estimate of drug-likeness (QED) is 0.339. The molecule has 1 amide bonds. The Hall–Kier alpha value is -3.84. The number of anilines is 2. The number of aryl methyl sites for hydroxylation is 1. The average molecular weight is 549 g/mol. The highest BCUT2D eigenvalue weighted by Crippen LogP contribution is 2.28. The van der Waals surface area contributed by atoms with Gasteiger partial charge >= 0.3 is 0 Å². The first-order chi connectivity index (χ1) is 17.4. The Morgan fingerprint density at radius 2 is 1.76 bits per heavy atom. The molecule has 0 atom stereocenters. The van der Waals surface area contributed by atoms with Crippen molar-refractivity contribution in [2.24, 2.45) is 0 Å². The van der Waals surface area contributed by atoms with Gasteiger partial charge in [0.05, 0.1) is 28.2 Å². The summed E-state index contributed by atoms with van der Waals surface area (Å²) < 4.78 is 82.6. The molecule has 0 radical (unpaired) electrons. The van der Waals surface area contributed by atoms with Gasteiger partial charge in [0.2, 0.25) is 10.0 Å². The van der Waals surface area contributed by atoms with E-state index >= 15 is 0 Å². The predicted octanol–water partition coefficient (Wildman–Crippen LogP) is 4.26. The number of pyridine rings is 1. The number of rotatable bonds is 8. The number of hydrogen-bond donors (Lipinski definition) is 2. The van der Waals surface area contributed by atoms with Crippen molar-refractivity contribution < 1.29 is 30.4 Å². The zero-order chi connectivity index (χ0) is 27.0. The number of nitrogens with zero attached hydrogens (tertiary/aromatic N) is 2. The Labute approximate surface area is 212 Å². The van der Waals surface area contributed by atoms with Crippen LogP contribution in [0.3, 0.4) is 0 Å². The Morgan fingerprint density at radius 3 is 2.43 bits per heavy atom. The first-order valence-electron chi connectivity index (χ1n) is 11.0. The lowest BCUT2D eigenvalue weighted by atomic mass is 10.1. The molecular formula is C24H22F2N4O5S2. The molecule has 0 saturated carbocycles. The molecule has 13 heteroatoms. The van der Waals surface area contributed by atoms with Crippen LogP contribution in [0.2, 0.25) is 0 Å². The Morgan fingerprint density at radius 1 is 1.05 bits per heavy atom. The summed E-state index contributed by atoms with van der Waals surface area (Å²) >= 11 is 0. The summed E-state index contributed by atoms with van der Waals surface area (Å²) in [5, 5.41) is 2.73. The van der Waals surface area contributed by atoms with Crippen molar-refractivity contribution in [1.29, 1.82) is 0 Å². The summed E-state index contributed by atoms with van der Waals surface area (Å²) in [7, 11) is -7.83. The van der Waals surface area contributed by atoms with Crippen LogP contribution in [0.15, 0.2) is 65.8 Å². The first kappa shape index (κ1) is 26.2. The molecule has 2 aromatic heterocycles. The lowest BCUT2D eigenvalue weighted by Gasteiger charge is -2.12. The molecule has 9 nitrogen and oxygen atoms in total. The van der Waals surface area contributed by atoms with Crippen molar-refractivity contribution in [2.75, 3.05) is 15.8 Å². The predicted molar refractivity (Wildman–Crippen MR) is 136 cm³/mol. The van der Waals surface area contributed by atoms with Gasteiger partial charge in [0.15, 0.2) is 11.5 Å². The van der Waals surface area contributed by atoms with Crippen molar-refractivity contribution in [2.45, 2.75) is 25.2 Å². The molecule has 0 bridgehead atoms. The summed E-state index contributed by atoms with van der Waals surface area (Å²) in [6.07, 6.45) is 2.81. The van der Waals surface area contributed by atoms with Gasteiger partial charge in [-0.05, 0) is 49.2 Å². The number of benzene rings is 2. The van der Waals surface area contributed by atoms with Crippen molar-refractivity contribution in [1.82, 2.24) is 8.96 Å². The first-order valence-corrected chi connectivity index (χ1v) is 14.1. The minimum Gasteiger partial charge on any atom is -0.320 e. The van der Waals surface area contributed by atoms with Crippen molar-refractivity contribution in [3.05, 3.63) is 83.7 Å². The summed E-state index contributed by atoms with van der Waals surface area (Å²) in [4.78, 5) is 17.0. The van der Waals surface area contributed by atoms with Crippen LogP contribution >= 0.6 is 0 Å². The van der Waals surface area contributed by atoms with Gasteiger partial charge in [-0.15, -0.1) is 0 Å². The van der Waals surface area contributed by atoms with Crippen LogP contribution in [-0.4, -0.2) is 37.5 Å². The van der Waals surface area contributed by atoms with Gasteiger partial charge in [-0.1, -0.05) is 25.1 Å². The van der Waals surface area contributed by atoms with Crippen LogP contribution in [-0.2, 0) is 20.0 Å². The molecule has 0 fully saturated rings. The van der Waals surface area contributed by atoms with Crippen LogP contribution in [0.5, 0.6) is 0 Å². The minimum absolute atomic E-state index is 0.0474. The van der Waals surface area contributed by atoms with E-state index in [0.717, 1.165) is 22.3 Å². The van der Waals surface area contributed by atoms with Gasteiger partial charge in [0.1, 0.15) is 11.4 Å². The molecule has 0 unspecified atom stereocenters. The molecule has 0 aliphatic carbocycles. The van der Waals surface area contributed by atoms with E-state index in [1.165, 1.54) is 24.4 Å². The molecule has 0 spiro atoms. The minimum atomic E-state index is -3.95. The highest BCUT2D eigenvalue weighted by Gasteiger charge is 2.24. The highest BCUT2D eigenvalue weighted by molar-refractivity contribution is 7.92. The summed E-state index contributed by atoms with van der Waals surface area (Å²) in [6.45, 7) is 3.27. The van der Waals surface area contributed by atoms with Crippen LogP contribution in [0.4, 0.5) is 20.2 Å². The van der Waals surface area contributed by atoms with Crippen LogP contribution < -0.4 is 10.0 Å². The van der Waals surface area contributed by atoms with Gasteiger partial charge in [0.25, 0.3) is 15.9 Å². The fourth-order valence-electron chi connectivity index (χ4n) is 3.71. The van der Waals surface area contributed by atoms with Gasteiger partial charge in [-0.25, -0.2) is 34.6 Å². The van der Waals surface area contributed by atoms with E-state index in [9.17, 15) is 30.4 Å². The van der Waals surface area contributed by atoms with E-state index in [1.54, 1.807) is 32.0 Å². The Kier molecular flexibility index (Phi) is 7.02. The Bertz CT molecular complexity index is 1720. The number of sulfonamides is 1. The smallest absolute Gasteiger partial charge is 0.269 e. The number of hydrogen-bond acceptors (Lipinski definition) is 6. The molecular weight excluding hydrogens is 526 g/mol. The maximum absolute atomic E-state index is 15.0. The maximum Gasteiger partial charge on any atom is 0.269 e. The SMILES string of the molecule is CCCS(=O)(=O)Nc1ccc(F)c(C(=O)Nc2cnc3c(c2)c(C)cn3S(=O)(=O)c2ccccc2)c1F. The highest BCUT2D eigenvalue weighted by atomic mass is 32.2. The molecule has 2 aromatic carbocycles. The largest absolute Gasteiger partial charge is 0.320 e.